The Balaban J connectivity index is 1.34. The summed E-state index contributed by atoms with van der Waals surface area (Å²) in [5.41, 5.74) is 1.90. The Morgan fingerprint density at radius 1 is 1.26 bits per heavy atom. The molecule has 1 saturated heterocycles. The summed E-state index contributed by atoms with van der Waals surface area (Å²) < 4.78 is 11.2. The maximum absolute atomic E-state index is 12.6. The zero-order valence-electron chi connectivity index (χ0n) is 16.0. The van der Waals surface area contributed by atoms with E-state index in [0.717, 1.165) is 29.8 Å². The van der Waals surface area contributed by atoms with Gasteiger partial charge >= 0.3 is 0 Å². The largest absolute Gasteiger partial charge is 0.488 e. The van der Waals surface area contributed by atoms with Gasteiger partial charge in [0.2, 0.25) is 0 Å². The molecule has 1 aromatic carbocycles. The minimum absolute atomic E-state index is 0.192. The predicted molar refractivity (Wildman–Crippen MR) is 103 cm³/mol. The molecule has 1 aromatic heterocycles. The summed E-state index contributed by atoms with van der Waals surface area (Å²) in [7, 11) is 0. The summed E-state index contributed by atoms with van der Waals surface area (Å²) >= 11 is 0. The number of likely N-dealkylation sites (tertiary alicyclic amines) is 1. The Hall–Kier alpha value is -2.34. The number of nitrogens with zero attached hydrogens (tertiary/aromatic N) is 2. The third-order valence-electron chi connectivity index (χ3n) is 5.76. The molecular formula is C21H27N3O3. The van der Waals surface area contributed by atoms with Crippen LogP contribution in [0, 0.1) is 0 Å². The molecule has 4 rings (SSSR count). The quantitative estimate of drug-likeness (QED) is 0.816. The third kappa shape index (κ3) is 3.58. The Morgan fingerprint density at radius 3 is 2.85 bits per heavy atom. The highest BCUT2D eigenvalue weighted by Gasteiger charge is 2.28. The van der Waals surface area contributed by atoms with Crippen LogP contribution in [-0.2, 0) is 6.61 Å². The maximum atomic E-state index is 12.6. The molecule has 3 heterocycles. The second-order valence-corrected chi connectivity index (χ2v) is 7.60. The van der Waals surface area contributed by atoms with E-state index in [-0.39, 0.29) is 5.91 Å². The molecule has 0 aliphatic carbocycles. The van der Waals surface area contributed by atoms with Gasteiger partial charge in [-0.3, -0.25) is 9.69 Å². The lowest BCUT2D eigenvalue weighted by atomic mass is 9.97. The minimum atomic E-state index is -0.192. The van der Waals surface area contributed by atoms with E-state index in [1.54, 1.807) is 0 Å². The molecule has 2 aliphatic heterocycles. The van der Waals surface area contributed by atoms with E-state index in [2.05, 4.69) is 29.2 Å². The molecule has 0 unspecified atom stereocenters. The zero-order chi connectivity index (χ0) is 18.8. The Morgan fingerprint density at radius 2 is 2.04 bits per heavy atom. The first kappa shape index (κ1) is 18.0. The van der Waals surface area contributed by atoms with Crippen LogP contribution in [-0.4, -0.2) is 41.1 Å². The van der Waals surface area contributed by atoms with Crippen molar-refractivity contribution in [1.29, 1.82) is 0 Å². The molecule has 2 aliphatic rings. The van der Waals surface area contributed by atoms with E-state index < -0.39 is 0 Å². The van der Waals surface area contributed by atoms with Gasteiger partial charge in [-0.25, -0.2) is 0 Å². The van der Waals surface area contributed by atoms with Crippen LogP contribution in [0.1, 0.15) is 55.6 Å². The normalized spacial score (nSPS) is 21.9. The molecule has 1 N–H and O–H groups in total. The molecule has 0 bridgehead atoms. The second-order valence-electron chi connectivity index (χ2n) is 7.60. The number of carbonyl (C=O) groups is 1. The minimum Gasteiger partial charge on any atom is -0.488 e. The smallest absolute Gasteiger partial charge is 0.273 e. The molecule has 6 nitrogen and oxygen atoms in total. The lowest BCUT2D eigenvalue weighted by Gasteiger charge is -2.39. The first-order valence-corrected chi connectivity index (χ1v) is 9.90. The van der Waals surface area contributed by atoms with Crippen molar-refractivity contribution in [3.8, 4) is 17.1 Å². The highest BCUT2D eigenvalue weighted by atomic mass is 16.5. The number of ether oxygens (including phenoxy) is 1. The molecule has 1 fully saturated rings. The average molecular weight is 369 g/mol. The highest BCUT2D eigenvalue weighted by molar-refractivity contribution is 5.95. The molecule has 144 valence electrons. The van der Waals surface area contributed by atoms with Gasteiger partial charge in [0.25, 0.3) is 5.91 Å². The topological polar surface area (TPSA) is 67.6 Å². The number of hydrogen-bond acceptors (Lipinski definition) is 5. The summed E-state index contributed by atoms with van der Waals surface area (Å²) in [6.45, 7) is 6.55. The second kappa shape index (κ2) is 7.72. The molecule has 6 heteroatoms. The van der Waals surface area contributed by atoms with Gasteiger partial charge in [-0.1, -0.05) is 23.7 Å². The number of para-hydroxylation sites is 1. The van der Waals surface area contributed by atoms with Crippen molar-refractivity contribution < 1.29 is 14.1 Å². The van der Waals surface area contributed by atoms with Crippen LogP contribution < -0.4 is 10.1 Å². The monoisotopic (exact) mass is 369 g/mol. The van der Waals surface area contributed by atoms with Crippen molar-refractivity contribution >= 4 is 5.91 Å². The third-order valence-corrected chi connectivity index (χ3v) is 5.76. The highest BCUT2D eigenvalue weighted by Crippen LogP contribution is 2.38. The first-order valence-electron chi connectivity index (χ1n) is 9.90. The number of nitrogens with one attached hydrogen (secondary N) is 1. The summed E-state index contributed by atoms with van der Waals surface area (Å²) in [5.74, 6) is 1.21. The van der Waals surface area contributed by atoms with E-state index in [9.17, 15) is 4.79 Å². The van der Waals surface area contributed by atoms with Crippen LogP contribution in [0.25, 0.3) is 11.3 Å². The van der Waals surface area contributed by atoms with Crippen molar-refractivity contribution in [1.82, 2.24) is 15.4 Å². The summed E-state index contributed by atoms with van der Waals surface area (Å²) in [6, 6.07) is 8.90. The number of hydrogen-bond donors (Lipinski definition) is 1. The standard InChI is InChI=1S/C21H27N3O3/c1-14-7-5-8-15(2)24(14)12-6-11-22-21(25)19-17-13-26-18-10-4-3-9-16(18)20(17)27-23-19/h3-4,9-10,14-15H,5-8,11-13H2,1-2H3,(H,22,25)/t14-,15-/m0/s1. The van der Waals surface area contributed by atoms with Crippen LogP contribution in [0.15, 0.2) is 28.8 Å². The molecule has 0 spiro atoms. The number of amides is 1. The molecule has 2 aromatic rings. The van der Waals surface area contributed by atoms with E-state index in [4.69, 9.17) is 9.26 Å². The van der Waals surface area contributed by atoms with Crippen molar-refractivity contribution in [3.63, 3.8) is 0 Å². The predicted octanol–water partition coefficient (Wildman–Crippen LogP) is 3.62. The fourth-order valence-electron chi connectivity index (χ4n) is 4.23. The number of piperidine rings is 1. The summed E-state index contributed by atoms with van der Waals surface area (Å²) in [4.78, 5) is 15.1. The molecule has 2 atom stereocenters. The van der Waals surface area contributed by atoms with Crippen LogP contribution in [0.2, 0.25) is 0 Å². The molecule has 0 radical (unpaired) electrons. The average Bonchev–Trinajstić information content (AvgIpc) is 3.11. The van der Waals surface area contributed by atoms with Crippen LogP contribution >= 0.6 is 0 Å². The fraction of sp³-hybridized carbons (Fsp3) is 0.524. The Labute approximate surface area is 159 Å². The molecule has 0 saturated carbocycles. The van der Waals surface area contributed by atoms with Gasteiger partial charge < -0.3 is 14.6 Å². The number of aromatic nitrogens is 1. The van der Waals surface area contributed by atoms with Crippen molar-refractivity contribution in [2.24, 2.45) is 0 Å². The maximum Gasteiger partial charge on any atom is 0.273 e. The van der Waals surface area contributed by atoms with Crippen LogP contribution in [0.5, 0.6) is 5.75 Å². The SMILES string of the molecule is C[C@H]1CCC[C@H](C)N1CCCNC(=O)c1noc2c1COc1ccccc1-2. The number of carbonyl (C=O) groups excluding carboxylic acids is 1. The number of benzene rings is 1. The van der Waals surface area contributed by atoms with Gasteiger partial charge in [-0.2, -0.15) is 0 Å². The van der Waals surface area contributed by atoms with Crippen molar-refractivity contribution in [3.05, 3.63) is 35.5 Å². The fourth-order valence-corrected chi connectivity index (χ4v) is 4.23. The summed E-state index contributed by atoms with van der Waals surface area (Å²) in [6.07, 6.45) is 4.78. The van der Waals surface area contributed by atoms with Crippen molar-refractivity contribution in [2.75, 3.05) is 13.1 Å². The first-order chi connectivity index (χ1) is 13.1. The van der Waals surface area contributed by atoms with Gasteiger partial charge in [-0.15, -0.1) is 0 Å². The van der Waals surface area contributed by atoms with Gasteiger partial charge in [0.05, 0.1) is 11.1 Å². The number of fused-ring (bicyclic) bond motifs is 3. The summed E-state index contributed by atoms with van der Waals surface area (Å²) in [5, 5.41) is 7.00. The molecular weight excluding hydrogens is 342 g/mol. The van der Waals surface area contributed by atoms with Gasteiger partial charge in [-0.05, 0) is 45.2 Å². The lowest BCUT2D eigenvalue weighted by Crippen LogP contribution is -2.44. The van der Waals surface area contributed by atoms with E-state index in [1.165, 1.54) is 19.3 Å². The Bertz CT molecular complexity index is 807. The zero-order valence-corrected chi connectivity index (χ0v) is 16.0. The van der Waals surface area contributed by atoms with Crippen LogP contribution in [0.3, 0.4) is 0 Å². The molecule has 27 heavy (non-hydrogen) atoms. The van der Waals surface area contributed by atoms with Gasteiger partial charge in [0.15, 0.2) is 11.5 Å². The lowest BCUT2D eigenvalue weighted by molar-refractivity contribution is 0.0916. The number of rotatable bonds is 5. The van der Waals surface area contributed by atoms with Gasteiger partial charge in [0.1, 0.15) is 12.4 Å². The Kier molecular flexibility index (Phi) is 5.16. The van der Waals surface area contributed by atoms with E-state index >= 15 is 0 Å². The van der Waals surface area contributed by atoms with Gasteiger partial charge in [0, 0.05) is 25.2 Å². The van der Waals surface area contributed by atoms with Crippen LogP contribution in [0.4, 0.5) is 0 Å². The molecule has 1 amide bonds. The van der Waals surface area contributed by atoms with E-state index in [1.807, 2.05) is 24.3 Å². The van der Waals surface area contributed by atoms with Crippen molar-refractivity contribution in [2.45, 2.75) is 58.2 Å². The van der Waals surface area contributed by atoms with E-state index in [0.29, 0.717) is 36.7 Å².